The number of hydrogen-bond acceptors (Lipinski definition) is 7. The van der Waals surface area contributed by atoms with Gasteiger partial charge in [0.2, 0.25) is 11.7 Å². The summed E-state index contributed by atoms with van der Waals surface area (Å²) < 4.78 is 15.4. The lowest BCUT2D eigenvalue weighted by atomic mass is 9.99. The van der Waals surface area contributed by atoms with Gasteiger partial charge in [0.05, 0.1) is 12.2 Å². The zero-order valence-electron chi connectivity index (χ0n) is 11.7. The number of carbonyl (C=O) groups is 1. The Morgan fingerprint density at radius 1 is 1.27 bits per heavy atom. The van der Waals surface area contributed by atoms with E-state index < -0.39 is 0 Å². The predicted molar refractivity (Wildman–Crippen MR) is 71.9 cm³/mol. The Hall–Kier alpha value is -2.90. The average molecular weight is 300 g/mol. The van der Waals surface area contributed by atoms with Gasteiger partial charge in [-0.3, -0.25) is 4.79 Å². The van der Waals surface area contributed by atoms with Crippen molar-refractivity contribution < 1.29 is 18.3 Å². The molecule has 1 aliphatic rings. The van der Waals surface area contributed by atoms with Crippen molar-refractivity contribution in [1.82, 2.24) is 20.2 Å². The molecule has 4 heterocycles. The van der Waals surface area contributed by atoms with Gasteiger partial charge in [-0.1, -0.05) is 10.3 Å². The van der Waals surface area contributed by atoms with E-state index >= 15 is 0 Å². The Balaban J connectivity index is 1.43. The van der Waals surface area contributed by atoms with Crippen molar-refractivity contribution in [3.05, 3.63) is 41.9 Å². The van der Waals surface area contributed by atoms with Crippen LogP contribution >= 0.6 is 0 Å². The van der Waals surface area contributed by atoms with Crippen LogP contribution in [0.1, 0.15) is 28.1 Å². The molecule has 0 N–H and O–H groups in total. The molecule has 22 heavy (non-hydrogen) atoms. The lowest BCUT2D eigenvalue weighted by Gasteiger charge is -2.36. The van der Waals surface area contributed by atoms with Crippen LogP contribution in [0, 0.1) is 6.92 Å². The van der Waals surface area contributed by atoms with Gasteiger partial charge in [-0.25, -0.2) is 0 Å². The molecule has 112 valence electrons. The molecule has 3 aromatic heterocycles. The summed E-state index contributed by atoms with van der Waals surface area (Å²) in [6, 6.07) is 5.06. The summed E-state index contributed by atoms with van der Waals surface area (Å²) in [6.45, 7) is 2.83. The number of amides is 1. The van der Waals surface area contributed by atoms with Crippen molar-refractivity contribution in [2.75, 3.05) is 13.1 Å². The predicted octanol–water partition coefficient (Wildman–Crippen LogP) is 1.87. The first-order valence-electron chi connectivity index (χ1n) is 6.81. The smallest absolute Gasteiger partial charge is 0.276 e. The van der Waals surface area contributed by atoms with Crippen molar-refractivity contribution in [1.29, 1.82) is 0 Å². The van der Waals surface area contributed by atoms with Gasteiger partial charge in [-0.15, -0.1) is 0 Å². The molecular formula is C14H12N4O4. The van der Waals surface area contributed by atoms with Gasteiger partial charge in [-0.05, 0) is 19.1 Å². The molecule has 1 fully saturated rings. The molecule has 0 radical (unpaired) electrons. The summed E-state index contributed by atoms with van der Waals surface area (Å²) in [7, 11) is 0. The highest BCUT2D eigenvalue weighted by molar-refractivity contribution is 5.93. The molecule has 0 unspecified atom stereocenters. The molecular weight excluding hydrogens is 288 g/mol. The maximum atomic E-state index is 12.3. The summed E-state index contributed by atoms with van der Waals surface area (Å²) in [6.07, 6.45) is 1.53. The van der Waals surface area contributed by atoms with Crippen LogP contribution in [-0.2, 0) is 0 Å². The van der Waals surface area contributed by atoms with E-state index in [9.17, 15) is 4.79 Å². The number of nitrogens with zero attached hydrogens (tertiary/aromatic N) is 4. The van der Waals surface area contributed by atoms with Gasteiger partial charge < -0.3 is 18.4 Å². The summed E-state index contributed by atoms with van der Waals surface area (Å²) >= 11 is 0. The molecule has 1 amide bonds. The average Bonchev–Trinajstić information content (AvgIpc) is 3.17. The van der Waals surface area contributed by atoms with E-state index in [1.807, 2.05) is 0 Å². The van der Waals surface area contributed by atoms with E-state index in [-0.39, 0.29) is 17.5 Å². The third-order valence-electron chi connectivity index (χ3n) is 3.55. The van der Waals surface area contributed by atoms with Crippen LogP contribution < -0.4 is 0 Å². The van der Waals surface area contributed by atoms with E-state index in [1.54, 1.807) is 30.0 Å². The Labute approximate surface area is 124 Å². The molecule has 0 spiro atoms. The monoisotopic (exact) mass is 300 g/mol. The normalized spacial score (nSPS) is 15.0. The molecule has 0 aliphatic carbocycles. The standard InChI is InChI=1S/C14H12N4O4/c1-8-15-13(22-16-8)9-6-18(7-9)14(19)10-5-12(21-17-10)11-3-2-4-20-11/h2-5,9H,6-7H2,1H3. The minimum Gasteiger partial charge on any atom is -0.461 e. The second-order valence-electron chi connectivity index (χ2n) is 5.14. The van der Waals surface area contributed by atoms with E-state index in [1.165, 1.54) is 6.26 Å². The zero-order valence-corrected chi connectivity index (χ0v) is 11.7. The first kappa shape index (κ1) is 12.8. The summed E-state index contributed by atoms with van der Waals surface area (Å²) in [4.78, 5) is 18.1. The number of aromatic nitrogens is 3. The van der Waals surface area contributed by atoms with E-state index in [0.29, 0.717) is 36.3 Å². The molecule has 8 nitrogen and oxygen atoms in total. The molecule has 4 rings (SSSR count). The van der Waals surface area contributed by atoms with Gasteiger partial charge in [0.25, 0.3) is 5.91 Å². The Bertz CT molecular complexity index is 799. The fourth-order valence-electron chi connectivity index (χ4n) is 2.35. The highest BCUT2D eigenvalue weighted by Crippen LogP contribution is 2.28. The van der Waals surface area contributed by atoms with E-state index in [2.05, 4.69) is 15.3 Å². The van der Waals surface area contributed by atoms with Crippen molar-refractivity contribution in [2.45, 2.75) is 12.8 Å². The van der Waals surface area contributed by atoms with Crippen LogP contribution in [0.3, 0.4) is 0 Å². The lowest BCUT2D eigenvalue weighted by molar-refractivity contribution is 0.0558. The number of carbonyl (C=O) groups excluding carboxylic acids is 1. The highest BCUT2D eigenvalue weighted by atomic mass is 16.5. The second-order valence-corrected chi connectivity index (χ2v) is 5.14. The van der Waals surface area contributed by atoms with Gasteiger partial charge in [0, 0.05) is 19.2 Å². The van der Waals surface area contributed by atoms with Crippen LogP contribution in [0.2, 0.25) is 0 Å². The quantitative estimate of drug-likeness (QED) is 0.728. The minimum atomic E-state index is -0.186. The fraction of sp³-hybridized carbons (Fsp3) is 0.286. The molecule has 0 atom stereocenters. The number of likely N-dealkylation sites (tertiary alicyclic amines) is 1. The van der Waals surface area contributed by atoms with E-state index in [0.717, 1.165) is 0 Å². The van der Waals surface area contributed by atoms with Crippen molar-refractivity contribution >= 4 is 5.91 Å². The molecule has 1 saturated heterocycles. The number of hydrogen-bond donors (Lipinski definition) is 0. The molecule has 1 aliphatic heterocycles. The second kappa shape index (κ2) is 4.83. The van der Waals surface area contributed by atoms with Gasteiger partial charge in [0.1, 0.15) is 0 Å². The van der Waals surface area contributed by atoms with Crippen LogP contribution in [0.15, 0.2) is 37.9 Å². The van der Waals surface area contributed by atoms with Gasteiger partial charge in [-0.2, -0.15) is 4.98 Å². The Kier molecular flexibility index (Phi) is 2.81. The summed E-state index contributed by atoms with van der Waals surface area (Å²) in [5, 5.41) is 7.55. The Morgan fingerprint density at radius 2 is 2.14 bits per heavy atom. The zero-order chi connectivity index (χ0) is 15.1. The van der Waals surface area contributed by atoms with Crippen LogP contribution in [0.5, 0.6) is 0 Å². The minimum absolute atomic E-state index is 0.0848. The molecule has 0 aromatic carbocycles. The van der Waals surface area contributed by atoms with Crippen LogP contribution in [0.4, 0.5) is 0 Å². The SMILES string of the molecule is Cc1noc(C2CN(C(=O)c3cc(-c4ccco4)on3)C2)n1. The molecule has 8 heteroatoms. The molecule has 0 bridgehead atoms. The third kappa shape index (κ3) is 2.09. The lowest BCUT2D eigenvalue weighted by Crippen LogP contribution is -2.48. The van der Waals surface area contributed by atoms with Crippen LogP contribution in [0.25, 0.3) is 11.5 Å². The number of furan rings is 1. The first-order valence-corrected chi connectivity index (χ1v) is 6.81. The number of aryl methyl sites for hydroxylation is 1. The number of rotatable bonds is 3. The maximum Gasteiger partial charge on any atom is 0.276 e. The van der Waals surface area contributed by atoms with Crippen molar-refractivity contribution in [3.8, 4) is 11.5 Å². The van der Waals surface area contributed by atoms with Gasteiger partial charge in [0.15, 0.2) is 17.3 Å². The third-order valence-corrected chi connectivity index (χ3v) is 3.55. The topological polar surface area (TPSA) is 98.4 Å². The van der Waals surface area contributed by atoms with Gasteiger partial charge >= 0.3 is 0 Å². The summed E-state index contributed by atoms with van der Waals surface area (Å²) in [5.74, 6) is 2.03. The summed E-state index contributed by atoms with van der Waals surface area (Å²) in [5.41, 5.74) is 0.256. The van der Waals surface area contributed by atoms with Crippen molar-refractivity contribution in [3.63, 3.8) is 0 Å². The van der Waals surface area contributed by atoms with E-state index in [4.69, 9.17) is 13.5 Å². The fourth-order valence-corrected chi connectivity index (χ4v) is 2.35. The Morgan fingerprint density at radius 3 is 2.82 bits per heavy atom. The van der Waals surface area contributed by atoms with Crippen molar-refractivity contribution in [2.24, 2.45) is 0 Å². The highest BCUT2D eigenvalue weighted by Gasteiger charge is 2.37. The first-order chi connectivity index (χ1) is 10.7. The molecule has 3 aromatic rings. The largest absolute Gasteiger partial charge is 0.461 e. The van der Waals surface area contributed by atoms with Crippen LogP contribution in [-0.4, -0.2) is 39.2 Å². The maximum absolute atomic E-state index is 12.3. The molecule has 0 saturated carbocycles.